The molecule has 1 unspecified atom stereocenters. The molecule has 0 radical (unpaired) electrons. The number of nitrogens with zero attached hydrogens (tertiary/aromatic N) is 1. The third-order valence-corrected chi connectivity index (χ3v) is 4.47. The van der Waals surface area contributed by atoms with Crippen LogP contribution in [0.15, 0.2) is 29.0 Å². The monoisotopic (exact) mass is 323 g/mol. The summed E-state index contributed by atoms with van der Waals surface area (Å²) in [4.78, 5) is 0. The number of hydrogen-bond donors (Lipinski definition) is 3. The maximum absolute atomic E-state index is 9.75. The summed E-state index contributed by atoms with van der Waals surface area (Å²) in [6.07, 6.45) is 20.0. The molecule has 0 spiro atoms. The molecule has 23 heavy (non-hydrogen) atoms. The molecule has 4 nitrogen and oxygen atoms in total. The average molecular weight is 323 g/mol. The van der Waals surface area contributed by atoms with Crippen molar-refractivity contribution in [1.29, 1.82) is 0 Å². The lowest BCUT2D eigenvalue weighted by Crippen LogP contribution is -2.37. The molecule has 1 aliphatic rings. The Labute approximate surface area is 140 Å². The second-order valence-electron chi connectivity index (χ2n) is 6.58. The summed E-state index contributed by atoms with van der Waals surface area (Å²) in [7, 11) is 0. The average Bonchev–Trinajstić information content (AvgIpc) is 2.52. The summed E-state index contributed by atoms with van der Waals surface area (Å²) in [5, 5.41) is 31.0. The van der Waals surface area contributed by atoms with Crippen LogP contribution < -0.4 is 0 Å². The number of allylic oxidation sites excluding steroid dienone is 2. The fraction of sp³-hybridized carbons (Fsp3) is 0.737. The molecule has 0 aliphatic heterocycles. The highest BCUT2D eigenvalue weighted by Crippen LogP contribution is 2.26. The summed E-state index contributed by atoms with van der Waals surface area (Å²) in [5.74, 6) is -2.64. The van der Waals surface area contributed by atoms with Gasteiger partial charge >= 0.3 is 0 Å². The first-order chi connectivity index (χ1) is 11.1. The molecule has 0 aromatic rings. The number of aliphatic hydroxyl groups is 2. The summed E-state index contributed by atoms with van der Waals surface area (Å²) >= 11 is 0. The van der Waals surface area contributed by atoms with Gasteiger partial charge in [0.1, 0.15) is 0 Å². The zero-order chi connectivity index (χ0) is 17.0. The minimum absolute atomic E-state index is 0.685. The number of hydrogen-bond acceptors (Lipinski definition) is 4. The van der Waals surface area contributed by atoms with E-state index in [4.69, 9.17) is 5.21 Å². The van der Waals surface area contributed by atoms with Gasteiger partial charge in [-0.1, -0.05) is 82.4 Å². The van der Waals surface area contributed by atoms with Gasteiger partial charge in [-0.15, -0.1) is 5.16 Å². The van der Waals surface area contributed by atoms with Gasteiger partial charge < -0.3 is 15.4 Å². The summed E-state index contributed by atoms with van der Waals surface area (Å²) in [5.41, 5.74) is 1.08. The van der Waals surface area contributed by atoms with Gasteiger partial charge in [-0.2, -0.15) is 0 Å². The van der Waals surface area contributed by atoms with Crippen LogP contribution in [0.4, 0.5) is 0 Å². The van der Waals surface area contributed by atoms with Crippen molar-refractivity contribution in [1.82, 2.24) is 0 Å². The Hall–Kier alpha value is -1.13. The van der Waals surface area contributed by atoms with Crippen molar-refractivity contribution >= 4 is 6.21 Å². The van der Waals surface area contributed by atoms with Crippen LogP contribution in [0.1, 0.15) is 77.6 Å². The molecule has 0 bridgehead atoms. The molecule has 0 heterocycles. The van der Waals surface area contributed by atoms with Gasteiger partial charge in [0.25, 0.3) is 0 Å². The zero-order valence-corrected chi connectivity index (χ0v) is 14.5. The van der Waals surface area contributed by atoms with Crippen LogP contribution in [0.2, 0.25) is 0 Å². The minimum Gasteiger partial charge on any atom is -0.411 e. The number of rotatable bonds is 12. The Morgan fingerprint density at radius 1 is 1.00 bits per heavy atom. The van der Waals surface area contributed by atoms with E-state index in [0.29, 0.717) is 0 Å². The molecule has 0 amide bonds. The van der Waals surface area contributed by atoms with Crippen molar-refractivity contribution in [3.05, 3.63) is 23.8 Å². The molecule has 4 heteroatoms. The smallest absolute Gasteiger partial charge is 0.194 e. The van der Waals surface area contributed by atoms with E-state index in [-0.39, 0.29) is 0 Å². The van der Waals surface area contributed by atoms with E-state index in [9.17, 15) is 10.2 Å². The summed E-state index contributed by atoms with van der Waals surface area (Å²) in [6, 6.07) is 0. The predicted octanol–water partition coefficient (Wildman–Crippen LogP) is 4.55. The molecule has 0 aromatic heterocycles. The number of oxime groups is 1. The first kappa shape index (κ1) is 19.9. The van der Waals surface area contributed by atoms with E-state index in [1.165, 1.54) is 63.9 Å². The lowest BCUT2D eigenvalue weighted by Gasteiger charge is -2.26. The Morgan fingerprint density at radius 2 is 1.57 bits per heavy atom. The Balaban J connectivity index is 2.11. The van der Waals surface area contributed by atoms with Gasteiger partial charge in [0.05, 0.1) is 12.1 Å². The molecule has 1 aliphatic carbocycles. The molecule has 132 valence electrons. The van der Waals surface area contributed by atoms with Crippen LogP contribution in [0.3, 0.4) is 0 Å². The summed E-state index contributed by atoms with van der Waals surface area (Å²) < 4.78 is 0. The Kier molecular flexibility index (Phi) is 9.88. The molecule has 0 saturated heterocycles. The first-order valence-electron chi connectivity index (χ1n) is 9.12. The van der Waals surface area contributed by atoms with Crippen molar-refractivity contribution in [2.24, 2.45) is 11.1 Å². The highest BCUT2D eigenvalue weighted by atomic mass is 16.5. The quantitative estimate of drug-likeness (QED) is 0.162. The van der Waals surface area contributed by atoms with E-state index in [0.717, 1.165) is 24.6 Å². The van der Waals surface area contributed by atoms with Crippen molar-refractivity contribution in [2.75, 3.05) is 0 Å². The Morgan fingerprint density at radius 3 is 2.13 bits per heavy atom. The highest BCUT2D eigenvalue weighted by molar-refractivity contribution is 5.66. The molecular formula is C19H33NO3. The van der Waals surface area contributed by atoms with Crippen LogP contribution in [0.5, 0.6) is 0 Å². The fourth-order valence-electron chi connectivity index (χ4n) is 2.96. The van der Waals surface area contributed by atoms with Gasteiger partial charge in [0, 0.05) is 0 Å². The molecule has 0 aromatic carbocycles. The fourth-order valence-corrected chi connectivity index (χ4v) is 2.96. The summed E-state index contributed by atoms with van der Waals surface area (Å²) in [6.45, 7) is 2.25. The molecule has 0 saturated carbocycles. The van der Waals surface area contributed by atoms with Gasteiger partial charge in [-0.05, 0) is 18.9 Å². The van der Waals surface area contributed by atoms with E-state index >= 15 is 0 Å². The third kappa shape index (κ3) is 8.33. The lowest BCUT2D eigenvalue weighted by atomic mass is 9.89. The van der Waals surface area contributed by atoms with E-state index in [2.05, 4.69) is 12.1 Å². The van der Waals surface area contributed by atoms with Crippen LogP contribution in [-0.4, -0.2) is 27.4 Å². The zero-order valence-electron chi connectivity index (χ0n) is 14.5. The minimum atomic E-state index is -1.95. The van der Waals surface area contributed by atoms with Crippen LogP contribution in [0, 0.1) is 5.92 Å². The highest BCUT2D eigenvalue weighted by Gasteiger charge is 2.31. The van der Waals surface area contributed by atoms with Gasteiger partial charge in [-0.3, -0.25) is 0 Å². The van der Waals surface area contributed by atoms with Crippen LogP contribution in [0.25, 0.3) is 0 Å². The molecule has 1 rings (SSSR count). The van der Waals surface area contributed by atoms with Crippen molar-refractivity contribution in [3.63, 3.8) is 0 Å². The maximum Gasteiger partial charge on any atom is 0.194 e. The van der Waals surface area contributed by atoms with E-state index < -0.39 is 11.7 Å². The second-order valence-corrected chi connectivity index (χ2v) is 6.58. The van der Waals surface area contributed by atoms with E-state index in [1.54, 1.807) is 12.2 Å². The van der Waals surface area contributed by atoms with Crippen molar-refractivity contribution in [3.8, 4) is 0 Å². The third-order valence-electron chi connectivity index (χ3n) is 4.47. The largest absolute Gasteiger partial charge is 0.411 e. The molecule has 0 fully saturated rings. The van der Waals surface area contributed by atoms with Crippen molar-refractivity contribution < 1.29 is 15.4 Å². The molecule has 3 N–H and O–H groups in total. The van der Waals surface area contributed by atoms with Crippen molar-refractivity contribution in [2.45, 2.75) is 83.3 Å². The predicted molar refractivity (Wildman–Crippen MR) is 94.6 cm³/mol. The molecular weight excluding hydrogens is 290 g/mol. The first-order valence-corrected chi connectivity index (χ1v) is 9.12. The normalized spacial score (nSPS) is 20.1. The Bertz CT molecular complexity index is 399. The maximum atomic E-state index is 9.75. The number of unbranched alkanes of at least 4 members (excludes halogenated alkanes) is 9. The van der Waals surface area contributed by atoms with Gasteiger partial charge in [0.15, 0.2) is 5.79 Å². The van der Waals surface area contributed by atoms with Crippen LogP contribution >= 0.6 is 0 Å². The van der Waals surface area contributed by atoms with Gasteiger partial charge in [-0.25, -0.2) is 0 Å². The lowest BCUT2D eigenvalue weighted by molar-refractivity contribution is -0.131. The van der Waals surface area contributed by atoms with Gasteiger partial charge in [0.2, 0.25) is 0 Å². The topological polar surface area (TPSA) is 73.1 Å². The van der Waals surface area contributed by atoms with E-state index in [1.807, 2.05) is 0 Å². The van der Waals surface area contributed by atoms with Crippen LogP contribution in [-0.2, 0) is 0 Å². The SMILES string of the molecule is CCCCCCCCCCCCC1=CC(C=NO)C(O)(O)C=C1. The second kappa shape index (κ2) is 11.4. The standard InChI is InChI=1S/C19H33NO3/c1-2-3-4-5-6-7-8-9-10-11-12-17-13-14-19(21,22)18(15-17)16-20-23/h13-16,18,21-23H,2-12H2,1H3. The molecule has 1 atom stereocenters.